The molecule has 1 aromatic heterocycles. The zero-order valence-electron chi connectivity index (χ0n) is 12.1. The number of aromatic nitrogens is 1. The van der Waals surface area contributed by atoms with Crippen molar-refractivity contribution in [3.63, 3.8) is 0 Å². The molecule has 1 aliphatic rings. The fourth-order valence-electron chi connectivity index (χ4n) is 2.53. The van der Waals surface area contributed by atoms with Gasteiger partial charge in [0.15, 0.2) is 0 Å². The Balaban J connectivity index is 1.79. The largest absolute Gasteiger partial charge is 0.359 e. The summed E-state index contributed by atoms with van der Waals surface area (Å²) in [5, 5.41) is 3.02. The monoisotopic (exact) mass is 317 g/mol. The number of halogens is 1. The van der Waals surface area contributed by atoms with Gasteiger partial charge in [0.05, 0.1) is 16.5 Å². The number of likely N-dealkylation sites (tertiary alicyclic amines) is 1. The quantitative estimate of drug-likeness (QED) is 0.940. The Labute approximate surface area is 133 Å². The molecule has 2 aromatic rings. The van der Waals surface area contributed by atoms with Crippen molar-refractivity contribution in [2.24, 2.45) is 5.92 Å². The van der Waals surface area contributed by atoms with Gasteiger partial charge in [-0.3, -0.25) is 9.59 Å². The van der Waals surface area contributed by atoms with Crippen LogP contribution in [0.1, 0.15) is 10.4 Å². The third-order valence-electron chi connectivity index (χ3n) is 3.87. The van der Waals surface area contributed by atoms with Gasteiger partial charge in [-0.05, 0) is 30.3 Å². The molecule has 22 heavy (non-hydrogen) atoms. The van der Waals surface area contributed by atoms with Gasteiger partial charge in [0.1, 0.15) is 0 Å². The molecule has 5 nitrogen and oxygen atoms in total. The summed E-state index contributed by atoms with van der Waals surface area (Å²) in [6.07, 6.45) is 3.81. The fourth-order valence-corrected chi connectivity index (χ4v) is 2.73. The Bertz CT molecular complexity index is 706. The van der Waals surface area contributed by atoms with Crippen LogP contribution in [0.25, 0.3) is 5.69 Å². The summed E-state index contributed by atoms with van der Waals surface area (Å²) >= 11 is 6.17. The minimum absolute atomic E-state index is 0.0313. The van der Waals surface area contributed by atoms with Crippen molar-refractivity contribution in [2.45, 2.75) is 0 Å². The van der Waals surface area contributed by atoms with Crippen molar-refractivity contribution in [3.8, 4) is 5.69 Å². The number of benzene rings is 1. The zero-order chi connectivity index (χ0) is 15.7. The Morgan fingerprint density at radius 1 is 1.23 bits per heavy atom. The zero-order valence-corrected chi connectivity index (χ0v) is 12.9. The molecular weight excluding hydrogens is 302 g/mol. The number of hydrogen-bond acceptors (Lipinski definition) is 2. The molecule has 6 heteroatoms. The molecule has 0 radical (unpaired) electrons. The summed E-state index contributed by atoms with van der Waals surface area (Å²) in [7, 11) is 1.60. The molecule has 2 heterocycles. The van der Waals surface area contributed by atoms with E-state index in [0.29, 0.717) is 23.7 Å². The number of nitrogens with zero attached hydrogens (tertiary/aromatic N) is 2. The van der Waals surface area contributed by atoms with Crippen LogP contribution in [0, 0.1) is 5.92 Å². The Morgan fingerprint density at radius 2 is 1.91 bits per heavy atom. The second-order valence-electron chi connectivity index (χ2n) is 5.28. The lowest BCUT2D eigenvalue weighted by Gasteiger charge is -2.38. The van der Waals surface area contributed by atoms with E-state index in [1.165, 1.54) is 0 Å². The van der Waals surface area contributed by atoms with Crippen molar-refractivity contribution >= 4 is 23.4 Å². The molecule has 0 spiro atoms. The van der Waals surface area contributed by atoms with E-state index in [1.807, 2.05) is 35.2 Å². The van der Waals surface area contributed by atoms with Gasteiger partial charge in [-0.1, -0.05) is 11.6 Å². The molecule has 0 unspecified atom stereocenters. The Morgan fingerprint density at radius 3 is 2.55 bits per heavy atom. The van der Waals surface area contributed by atoms with Crippen LogP contribution in [-0.4, -0.2) is 41.4 Å². The first-order valence-electron chi connectivity index (χ1n) is 7.04. The highest BCUT2D eigenvalue weighted by molar-refractivity contribution is 6.34. The second kappa shape index (κ2) is 5.85. The third kappa shape index (κ3) is 2.60. The van der Waals surface area contributed by atoms with Crippen molar-refractivity contribution in [3.05, 3.63) is 53.3 Å². The van der Waals surface area contributed by atoms with Gasteiger partial charge >= 0.3 is 0 Å². The maximum absolute atomic E-state index is 12.5. The number of hydrogen-bond donors (Lipinski definition) is 1. The minimum Gasteiger partial charge on any atom is -0.359 e. The van der Waals surface area contributed by atoms with Crippen molar-refractivity contribution in [1.82, 2.24) is 14.8 Å². The SMILES string of the molecule is CNC(=O)C1CN(C(=O)c2cc(-n3cccc3)ccc2Cl)C1. The number of rotatable bonds is 3. The molecule has 2 amide bonds. The molecule has 3 rings (SSSR count). The third-order valence-corrected chi connectivity index (χ3v) is 4.20. The maximum Gasteiger partial charge on any atom is 0.255 e. The summed E-state index contributed by atoms with van der Waals surface area (Å²) in [6, 6.07) is 9.19. The predicted octanol–water partition coefficient (Wildman–Crippen LogP) is 1.95. The number of amides is 2. The smallest absolute Gasteiger partial charge is 0.255 e. The summed E-state index contributed by atoms with van der Waals surface area (Å²) in [5.41, 5.74) is 1.34. The van der Waals surface area contributed by atoms with Gasteiger partial charge in [-0.2, -0.15) is 0 Å². The van der Waals surface area contributed by atoms with Gasteiger partial charge < -0.3 is 14.8 Å². The van der Waals surface area contributed by atoms with Gasteiger partial charge in [0, 0.05) is 38.2 Å². The van der Waals surface area contributed by atoms with E-state index in [2.05, 4.69) is 5.32 Å². The van der Waals surface area contributed by atoms with Gasteiger partial charge in [0.2, 0.25) is 5.91 Å². The summed E-state index contributed by atoms with van der Waals surface area (Å²) in [4.78, 5) is 25.7. The van der Waals surface area contributed by atoms with Crippen molar-refractivity contribution < 1.29 is 9.59 Å². The van der Waals surface area contributed by atoms with E-state index in [0.717, 1.165) is 5.69 Å². The highest BCUT2D eigenvalue weighted by Crippen LogP contribution is 2.25. The van der Waals surface area contributed by atoms with Gasteiger partial charge in [-0.25, -0.2) is 0 Å². The number of carbonyl (C=O) groups excluding carboxylic acids is 2. The molecule has 1 N–H and O–H groups in total. The van der Waals surface area contributed by atoms with Crippen LogP contribution < -0.4 is 5.32 Å². The van der Waals surface area contributed by atoms with Crippen molar-refractivity contribution in [1.29, 1.82) is 0 Å². The molecule has 1 saturated heterocycles. The molecule has 0 atom stereocenters. The number of nitrogens with one attached hydrogen (secondary N) is 1. The lowest BCUT2D eigenvalue weighted by Crippen LogP contribution is -2.55. The topological polar surface area (TPSA) is 54.3 Å². The highest BCUT2D eigenvalue weighted by Gasteiger charge is 2.36. The molecule has 0 saturated carbocycles. The summed E-state index contributed by atoms with van der Waals surface area (Å²) in [6.45, 7) is 0.866. The predicted molar refractivity (Wildman–Crippen MR) is 84.2 cm³/mol. The average molecular weight is 318 g/mol. The summed E-state index contributed by atoms with van der Waals surface area (Å²) in [5.74, 6) is -0.296. The molecule has 0 bridgehead atoms. The minimum atomic E-state index is -0.140. The molecule has 1 aromatic carbocycles. The van der Waals surface area contributed by atoms with E-state index in [-0.39, 0.29) is 17.7 Å². The first kappa shape index (κ1) is 14.7. The van der Waals surface area contributed by atoms with E-state index >= 15 is 0 Å². The maximum atomic E-state index is 12.5. The van der Waals surface area contributed by atoms with E-state index in [9.17, 15) is 9.59 Å². The fraction of sp³-hybridized carbons (Fsp3) is 0.250. The summed E-state index contributed by atoms with van der Waals surface area (Å²) < 4.78 is 1.91. The van der Waals surface area contributed by atoms with E-state index < -0.39 is 0 Å². The van der Waals surface area contributed by atoms with E-state index in [1.54, 1.807) is 24.1 Å². The van der Waals surface area contributed by atoms with Crippen molar-refractivity contribution in [2.75, 3.05) is 20.1 Å². The van der Waals surface area contributed by atoms with Gasteiger partial charge in [0.25, 0.3) is 5.91 Å². The lowest BCUT2D eigenvalue weighted by atomic mass is 9.98. The highest BCUT2D eigenvalue weighted by atomic mass is 35.5. The van der Waals surface area contributed by atoms with Gasteiger partial charge in [-0.15, -0.1) is 0 Å². The van der Waals surface area contributed by atoms with Crippen LogP contribution in [0.5, 0.6) is 0 Å². The first-order chi connectivity index (χ1) is 10.6. The molecule has 0 aliphatic carbocycles. The van der Waals surface area contributed by atoms with Crippen LogP contribution in [0.4, 0.5) is 0 Å². The lowest BCUT2D eigenvalue weighted by molar-refractivity contribution is -0.128. The molecule has 114 valence electrons. The average Bonchev–Trinajstić information content (AvgIpc) is 3.00. The standard InChI is InChI=1S/C16H16ClN3O2/c1-18-15(21)11-9-20(10-11)16(22)13-8-12(4-5-14(13)17)19-6-2-3-7-19/h2-8,11H,9-10H2,1H3,(H,18,21). The first-order valence-corrected chi connectivity index (χ1v) is 7.41. The van der Waals surface area contributed by atoms with Crippen LogP contribution in [0.15, 0.2) is 42.7 Å². The number of carbonyl (C=O) groups is 2. The Hall–Kier alpha value is -2.27. The van der Waals surface area contributed by atoms with Crippen LogP contribution in [0.2, 0.25) is 5.02 Å². The normalized spacial score (nSPS) is 14.5. The Kier molecular flexibility index (Phi) is 3.90. The molecule has 1 aliphatic heterocycles. The molecule has 1 fully saturated rings. The second-order valence-corrected chi connectivity index (χ2v) is 5.68. The van der Waals surface area contributed by atoms with Crippen LogP contribution in [-0.2, 0) is 4.79 Å². The van der Waals surface area contributed by atoms with E-state index in [4.69, 9.17) is 11.6 Å². The molecular formula is C16H16ClN3O2. The van der Waals surface area contributed by atoms with Crippen LogP contribution in [0.3, 0.4) is 0 Å². The van der Waals surface area contributed by atoms with Crippen LogP contribution >= 0.6 is 11.6 Å².